The number of ether oxygens (including phenoxy) is 1. The second kappa shape index (κ2) is 10.3. The van der Waals surface area contributed by atoms with Gasteiger partial charge >= 0.3 is 0 Å². The first-order chi connectivity index (χ1) is 12.2. The van der Waals surface area contributed by atoms with Crippen molar-refractivity contribution in [3.05, 3.63) is 71.8 Å². The van der Waals surface area contributed by atoms with Gasteiger partial charge in [0.2, 0.25) is 5.91 Å². The number of methoxy groups -OCH3 is 1. The van der Waals surface area contributed by atoms with E-state index in [1.807, 2.05) is 60.7 Å². The topological polar surface area (TPSA) is 62.1 Å². The summed E-state index contributed by atoms with van der Waals surface area (Å²) in [4.78, 5) is 12.4. The van der Waals surface area contributed by atoms with E-state index in [4.69, 9.17) is 4.74 Å². The molecule has 4 heteroatoms. The first kappa shape index (κ1) is 18.7. The molecule has 2 aromatic carbocycles. The standard InChI is InChI=1S/C21H24N2O2/c1-25-20(15-13-18-10-6-3-7-11-18)21(24)23-19(16-22)14-12-17-8-4-2-5-9-17/h2-11,19-20H,12-15H2,1H3,(H,23,24). The Kier molecular flexibility index (Phi) is 7.68. The summed E-state index contributed by atoms with van der Waals surface area (Å²) in [5.41, 5.74) is 2.32. The fraction of sp³-hybridized carbons (Fsp3) is 0.333. The minimum absolute atomic E-state index is 0.224. The Balaban J connectivity index is 1.83. The third kappa shape index (κ3) is 6.40. The van der Waals surface area contributed by atoms with Gasteiger partial charge in [0.15, 0.2) is 0 Å². The van der Waals surface area contributed by atoms with Crippen LogP contribution in [0.15, 0.2) is 60.7 Å². The second-order valence-electron chi connectivity index (χ2n) is 5.96. The number of nitrogens with zero attached hydrogens (tertiary/aromatic N) is 1. The van der Waals surface area contributed by atoms with Gasteiger partial charge in [-0.2, -0.15) is 5.26 Å². The Morgan fingerprint density at radius 3 is 2.00 bits per heavy atom. The minimum Gasteiger partial charge on any atom is -0.372 e. The minimum atomic E-state index is -0.548. The third-order valence-corrected chi connectivity index (χ3v) is 4.15. The van der Waals surface area contributed by atoms with Crippen LogP contribution in [0, 0.1) is 11.3 Å². The molecule has 2 unspecified atom stereocenters. The molecule has 0 aromatic heterocycles. The average molecular weight is 336 g/mol. The Hall–Kier alpha value is -2.64. The molecule has 0 fully saturated rings. The van der Waals surface area contributed by atoms with E-state index < -0.39 is 12.1 Å². The number of benzene rings is 2. The van der Waals surface area contributed by atoms with Crippen molar-refractivity contribution in [3.63, 3.8) is 0 Å². The molecule has 2 atom stereocenters. The van der Waals surface area contributed by atoms with Crippen LogP contribution in [0.3, 0.4) is 0 Å². The van der Waals surface area contributed by atoms with E-state index in [9.17, 15) is 10.1 Å². The molecule has 4 nitrogen and oxygen atoms in total. The molecule has 0 bridgehead atoms. The van der Waals surface area contributed by atoms with E-state index in [1.165, 1.54) is 12.7 Å². The number of carbonyl (C=O) groups is 1. The molecule has 0 heterocycles. The highest BCUT2D eigenvalue weighted by molar-refractivity contribution is 5.81. The van der Waals surface area contributed by atoms with Crippen LogP contribution in [-0.2, 0) is 22.4 Å². The zero-order valence-corrected chi connectivity index (χ0v) is 14.5. The lowest BCUT2D eigenvalue weighted by Gasteiger charge is -2.18. The van der Waals surface area contributed by atoms with Crippen LogP contribution in [0.1, 0.15) is 24.0 Å². The largest absolute Gasteiger partial charge is 0.372 e. The van der Waals surface area contributed by atoms with Gasteiger partial charge in [0.1, 0.15) is 12.1 Å². The summed E-state index contributed by atoms with van der Waals surface area (Å²) in [6.45, 7) is 0. The molecule has 0 radical (unpaired) electrons. The number of rotatable bonds is 9. The van der Waals surface area contributed by atoms with Crippen LogP contribution < -0.4 is 5.32 Å². The van der Waals surface area contributed by atoms with Crippen LogP contribution in [-0.4, -0.2) is 25.2 Å². The molecular formula is C21H24N2O2. The number of nitrogens with one attached hydrogen (secondary N) is 1. The molecule has 0 aliphatic heterocycles. The van der Waals surface area contributed by atoms with Crippen molar-refractivity contribution in [2.24, 2.45) is 0 Å². The fourth-order valence-electron chi connectivity index (χ4n) is 2.69. The summed E-state index contributed by atoms with van der Waals surface area (Å²) in [5, 5.41) is 12.1. The monoisotopic (exact) mass is 336 g/mol. The number of nitriles is 1. The lowest BCUT2D eigenvalue weighted by atomic mass is 10.0. The highest BCUT2D eigenvalue weighted by Crippen LogP contribution is 2.09. The van der Waals surface area contributed by atoms with Crippen molar-refractivity contribution in [2.75, 3.05) is 7.11 Å². The van der Waals surface area contributed by atoms with Gasteiger partial charge in [0, 0.05) is 7.11 Å². The smallest absolute Gasteiger partial charge is 0.250 e. The van der Waals surface area contributed by atoms with E-state index in [0.717, 1.165) is 18.4 Å². The van der Waals surface area contributed by atoms with E-state index >= 15 is 0 Å². The summed E-state index contributed by atoms with van der Waals surface area (Å²) >= 11 is 0. The number of hydrogen-bond donors (Lipinski definition) is 1. The molecule has 0 spiro atoms. The quantitative estimate of drug-likeness (QED) is 0.764. The van der Waals surface area contributed by atoms with E-state index in [0.29, 0.717) is 12.8 Å². The van der Waals surface area contributed by atoms with Gasteiger partial charge in [-0.15, -0.1) is 0 Å². The van der Waals surface area contributed by atoms with Crippen LogP contribution in [0.4, 0.5) is 0 Å². The number of amides is 1. The molecule has 25 heavy (non-hydrogen) atoms. The van der Waals surface area contributed by atoms with Crippen molar-refractivity contribution >= 4 is 5.91 Å². The molecule has 2 rings (SSSR count). The maximum atomic E-state index is 12.4. The number of carbonyl (C=O) groups excluding carboxylic acids is 1. The lowest BCUT2D eigenvalue weighted by molar-refractivity contribution is -0.131. The Bertz CT molecular complexity index is 680. The lowest BCUT2D eigenvalue weighted by Crippen LogP contribution is -2.42. The highest BCUT2D eigenvalue weighted by Gasteiger charge is 2.21. The highest BCUT2D eigenvalue weighted by atomic mass is 16.5. The van der Waals surface area contributed by atoms with Gasteiger partial charge in [0.25, 0.3) is 0 Å². The molecule has 0 saturated carbocycles. The van der Waals surface area contributed by atoms with Gasteiger partial charge in [-0.25, -0.2) is 0 Å². The molecular weight excluding hydrogens is 312 g/mol. The van der Waals surface area contributed by atoms with Gasteiger partial charge in [-0.05, 0) is 36.8 Å². The van der Waals surface area contributed by atoms with Gasteiger partial charge < -0.3 is 10.1 Å². The van der Waals surface area contributed by atoms with Crippen LogP contribution in [0.5, 0.6) is 0 Å². The summed E-state index contributed by atoms with van der Waals surface area (Å²) in [5.74, 6) is -0.224. The first-order valence-corrected chi connectivity index (χ1v) is 8.53. The number of hydrogen-bond acceptors (Lipinski definition) is 3. The molecule has 0 aliphatic carbocycles. The van der Waals surface area contributed by atoms with Crippen LogP contribution >= 0.6 is 0 Å². The van der Waals surface area contributed by atoms with E-state index in [1.54, 1.807) is 0 Å². The summed E-state index contributed by atoms with van der Waals surface area (Å²) in [6.07, 6.45) is 2.13. The Labute approximate surface area is 149 Å². The van der Waals surface area contributed by atoms with Gasteiger partial charge in [-0.3, -0.25) is 4.79 Å². The van der Waals surface area contributed by atoms with Crippen LogP contribution in [0.25, 0.3) is 0 Å². The SMILES string of the molecule is COC(CCc1ccccc1)C(=O)NC(C#N)CCc1ccccc1. The summed E-state index contributed by atoms with van der Waals surface area (Å²) in [7, 11) is 1.53. The molecule has 2 aromatic rings. The summed E-state index contributed by atoms with van der Waals surface area (Å²) in [6, 6.07) is 21.6. The number of aryl methyl sites for hydroxylation is 2. The average Bonchev–Trinajstić information content (AvgIpc) is 2.67. The predicted octanol–water partition coefficient (Wildman–Crippen LogP) is 3.28. The third-order valence-electron chi connectivity index (χ3n) is 4.15. The Morgan fingerprint density at radius 2 is 1.52 bits per heavy atom. The zero-order valence-electron chi connectivity index (χ0n) is 14.5. The molecule has 130 valence electrons. The molecule has 1 N–H and O–H groups in total. The predicted molar refractivity (Wildman–Crippen MR) is 97.9 cm³/mol. The molecule has 0 saturated heterocycles. The maximum absolute atomic E-state index is 12.4. The van der Waals surface area contributed by atoms with E-state index in [2.05, 4.69) is 11.4 Å². The summed E-state index contributed by atoms with van der Waals surface area (Å²) < 4.78 is 5.32. The van der Waals surface area contributed by atoms with Crippen molar-refractivity contribution in [1.29, 1.82) is 5.26 Å². The van der Waals surface area contributed by atoms with Crippen molar-refractivity contribution in [1.82, 2.24) is 5.32 Å². The van der Waals surface area contributed by atoms with Gasteiger partial charge in [0.05, 0.1) is 6.07 Å². The van der Waals surface area contributed by atoms with Crippen molar-refractivity contribution < 1.29 is 9.53 Å². The van der Waals surface area contributed by atoms with Gasteiger partial charge in [-0.1, -0.05) is 60.7 Å². The van der Waals surface area contributed by atoms with E-state index in [-0.39, 0.29) is 5.91 Å². The Morgan fingerprint density at radius 1 is 1.00 bits per heavy atom. The fourth-order valence-corrected chi connectivity index (χ4v) is 2.69. The maximum Gasteiger partial charge on any atom is 0.250 e. The normalized spacial score (nSPS) is 12.8. The molecule has 0 aliphatic rings. The molecule has 1 amide bonds. The zero-order chi connectivity index (χ0) is 17.9. The second-order valence-corrected chi connectivity index (χ2v) is 5.96. The van der Waals surface area contributed by atoms with Crippen molar-refractivity contribution in [2.45, 2.75) is 37.8 Å². The van der Waals surface area contributed by atoms with Crippen molar-refractivity contribution in [3.8, 4) is 6.07 Å². The first-order valence-electron chi connectivity index (χ1n) is 8.53. The van der Waals surface area contributed by atoms with Crippen LogP contribution in [0.2, 0.25) is 0 Å².